The van der Waals surface area contributed by atoms with Gasteiger partial charge in [0.05, 0.1) is 23.4 Å². The van der Waals surface area contributed by atoms with Crippen molar-refractivity contribution in [2.24, 2.45) is 17.8 Å². The van der Waals surface area contributed by atoms with Gasteiger partial charge in [-0.1, -0.05) is 64.5 Å². The van der Waals surface area contributed by atoms with Gasteiger partial charge >= 0.3 is 5.97 Å². The van der Waals surface area contributed by atoms with E-state index in [0.717, 1.165) is 26.4 Å². The molecule has 196 valence electrons. The number of allylic oxidation sites excluding steroid dienone is 1. The Bertz CT molecular complexity index is 1830. The Balaban J connectivity index is 1.37. The smallest absolute Gasteiger partial charge is 0.319 e. The number of rotatable bonds is 2. The highest BCUT2D eigenvalue weighted by Crippen LogP contribution is 2.56. The van der Waals surface area contributed by atoms with Crippen molar-refractivity contribution in [3.05, 3.63) is 101 Å². The highest BCUT2D eigenvalue weighted by Gasteiger charge is 2.60. The largest absolute Gasteiger partial charge is 0.454 e. The van der Waals surface area contributed by atoms with Crippen LogP contribution in [0, 0.1) is 17.8 Å². The van der Waals surface area contributed by atoms with Crippen LogP contribution in [-0.4, -0.2) is 24.6 Å². The molecule has 0 radical (unpaired) electrons. The van der Waals surface area contributed by atoms with E-state index in [2.05, 4.69) is 15.9 Å². The van der Waals surface area contributed by atoms with Gasteiger partial charge in [-0.3, -0.25) is 14.4 Å². The molecule has 0 bridgehead atoms. The molecule has 1 aliphatic carbocycles. The Hall–Kier alpha value is -4.43. The molecular weight excluding hydrogens is 574 g/mol. The summed E-state index contributed by atoms with van der Waals surface area (Å²) in [7, 11) is 0. The average Bonchev–Trinajstić information content (AvgIpc) is 3.54. The molecule has 1 fully saturated rings. The maximum atomic E-state index is 14.2. The number of hydrogen-bond donors (Lipinski definition) is 0. The summed E-state index contributed by atoms with van der Waals surface area (Å²) < 4.78 is 17.8. The number of imide groups is 1. The summed E-state index contributed by atoms with van der Waals surface area (Å²) in [4.78, 5) is 43.2. The Morgan fingerprint density at radius 2 is 1.57 bits per heavy atom. The van der Waals surface area contributed by atoms with E-state index in [1.165, 1.54) is 4.90 Å². The van der Waals surface area contributed by atoms with Gasteiger partial charge in [-0.2, -0.15) is 0 Å². The van der Waals surface area contributed by atoms with Gasteiger partial charge in [-0.15, -0.1) is 0 Å². The van der Waals surface area contributed by atoms with Crippen molar-refractivity contribution in [3.8, 4) is 17.2 Å². The topological polar surface area (TPSA) is 82.1 Å². The van der Waals surface area contributed by atoms with Gasteiger partial charge in [-0.05, 0) is 58.3 Å². The third-order valence-electron chi connectivity index (χ3n) is 8.33. The molecule has 0 aromatic heterocycles. The average molecular weight is 594 g/mol. The zero-order chi connectivity index (χ0) is 27.1. The van der Waals surface area contributed by atoms with E-state index in [0.29, 0.717) is 28.5 Å². The fourth-order valence-electron chi connectivity index (χ4n) is 6.65. The van der Waals surface area contributed by atoms with Crippen molar-refractivity contribution in [1.82, 2.24) is 0 Å². The molecule has 3 aliphatic heterocycles. The zero-order valence-corrected chi connectivity index (χ0v) is 22.5. The van der Waals surface area contributed by atoms with Gasteiger partial charge in [0.1, 0.15) is 5.75 Å². The molecule has 4 atom stereocenters. The Morgan fingerprint density at radius 3 is 2.45 bits per heavy atom. The second-order valence-electron chi connectivity index (χ2n) is 10.4. The van der Waals surface area contributed by atoms with E-state index in [9.17, 15) is 14.4 Å². The molecule has 4 aliphatic rings. The molecular formula is C32H20BrNO6. The number of nitrogens with zero attached hydrogens (tertiary/aromatic N) is 1. The minimum absolute atomic E-state index is 0.123. The number of fused-ring (bicyclic) bond motifs is 8. The number of carbonyl (C=O) groups excluding carboxylic acids is 3. The van der Waals surface area contributed by atoms with Crippen LogP contribution < -0.4 is 19.1 Å². The minimum atomic E-state index is -0.929. The van der Waals surface area contributed by atoms with Crippen LogP contribution in [0.25, 0.3) is 16.3 Å². The molecule has 2 amide bonds. The standard InChI is InChI=1S/C32H20BrNO6/c33-18-5-3-6-19(13-18)34-30(35)27-21(17-9-10-23-25(12-17)39-15-38-23)14-22-26-20-7-2-1-4-16(20)8-11-24(26)40-32(37)28(22)29(27)31(34)36/h1-14,21,27-29H,15H2/t21-,27+,28+,29+/m1/s1. The first-order chi connectivity index (χ1) is 19.5. The number of hydrogen-bond acceptors (Lipinski definition) is 6. The highest BCUT2D eigenvalue weighted by molar-refractivity contribution is 9.10. The van der Waals surface area contributed by atoms with Gasteiger partial charge < -0.3 is 14.2 Å². The molecule has 1 saturated heterocycles. The summed E-state index contributed by atoms with van der Waals surface area (Å²) in [5.41, 5.74) is 2.76. The van der Waals surface area contributed by atoms with Crippen molar-refractivity contribution in [2.45, 2.75) is 5.92 Å². The summed E-state index contributed by atoms with van der Waals surface area (Å²) in [6.07, 6.45) is 1.99. The van der Waals surface area contributed by atoms with Gasteiger partial charge in [-0.25, -0.2) is 4.90 Å². The summed E-state index contributed by atoms with van der Waals surface area (Å²) in [5, 5.41) is 1.91. The number of amides is 2. The first kappa shape index (κ1) is 23.5. The molecule has 8 rings (SSSR count). The molecule has 4 aromatic rings. The first-order valence-corrected chi connectivity index (χ1v) is 13.8. The highest BCUT2D eigenvalue weighted by atomic mass is 79.9. The van der Waals surface area contributed by atoms with Crippen LogP contribution in [0.2, 0.25) is 0 Å². The fraction of sp³-hybridized carbons (Fsp3) is 0.156. The Kier molecular flexibility index (Phi) is 5.00. The lowest BCUT2D eigenvalue weighted by Crippen LogP contribution is -2.42. The lowest BCUT2D eigenvalue weighted by Gasteiger charge is -2.38. The number of esters is 1. The van der Waals surface area contributed by atoms with E-state index in [-0.39, 0.29) is 12.7 Å². The molecule has 3 heterocycles. The fourth-order valence-corrected chi connectivity index (χ4v) is 7.03. The van der Waals surface area contributed by atoms with Crippen LogP contribution in [-0.2, 0) is 14.4 Å². The number of ether oxygens (including phenoxy) is 3. The third kappa shape index (κ3) is 3.26. The van der Waals surface area contributed by atoms with Crippen LogP contribution >= 0.6 is 15.9 Å². The van der Waals surface area contributed by atoms with Crippen LogP contribution in [0.5, 0.6) is 17.2 Å². The molecule has 40 heavy (non-hydrogen) atoms. The van der Waals surface area contributed by atoms with Gasteiger partial charge in [0.2, 0.25) is 18.6 Å². The Morgan fingerprint density at radius 1 is 0.775 bits per heavy atom. The maximum Gasteiger partial charge on any atom is 0.319 e. The van der Waals surface area contributed by atoms with Crippen molar-refractivity contribution >= 4 is 55.7 Å². The molecule has 4 aromatic carbocycles. The van der Waals surface area contributed by atoms with Crippen molar-refractivity contribution in [1.29, 1.82) is 0 Å². The summed E-state index contributed by atoms with van der Waals surface area (Å²) in [6.45, 7) is 0.123. The van der Waals surface area contributed by atoms with Crippen molar-refractivity contribution < 1.29 is 28.6 Å². The molecule has 7 nitrogen and oxygen atoms in total. The summed E-state index contributed by atoms with van der Waals surface area (Å²) >= 11 is 3.45. The van der Waals surface area contributed by atoms with E-state index in [1.807, 2.05) is 60.7 Å². The second kappa shape index (κ2) is 8.53. The van der Waals surface area contributed by atoms with E-state index < -0.39 is 35.5 Å². The zero-order valence-electron chi connectivity index (χ0n) is 20.9. The number of halogens is 1. The SMILES string of the molecule is O=C1Oc2ccc3ccccc3c2C2=C[C@H](c3ccc4c(c3)OCO4)[C@@H]3C(=O)N(c4cccc(Br)c4)C(=O)[C@@H]3[C@@H]12. The Labute approximate surface area is 237 Å². The van der Waals surface area contributed by atoms with E-state index >= 15 is 0 Å². The third-order valence-corrected chi connectivity index (χ3v) is 8.82. The summed E-state index contributed by atoms with van der Waals surface area (Å²) in [6, 6.07) is 24.3. The van der Waals surface area contributed by atoms with Gasteiger partial charge in [0.25, 0.3) is 0 Å². The number of carbonyl (C=O) groups is 3. The van der Waals surface area contributed by atoms with E-state index in [1.54, 1.807) is 24.3 Å². The molecule has 0 N–H and O–H groups in total. The van der Waals surface area contributed by atoms with Crippen LogP contribution in [0.1, 0.15) is 17.0 Å². The van der Waals surface area contributed by atoms with Crippen LogP contribution in [0.15, 0.2) is 89.4 Å². The molecule has 0 unspecified atom stereocenters. The van der Waals surface area contributed by atoms with Gasteiger partial charge in [0.15, 0.2) is 11.5 Å². The predicted molar refractivity (Wildman–Crippen MR) is 150 cm³/mol. The quantitative estimate of drug-likeness (QED) is 0.165. The predicted octanol–water partition coefficient (Wildman–Crippen LogP) is 5.85. The molecule has 8 heteroatoms. The van der Waals surface area contributed by atoms with Gasteiger partial charge in [0, 0.05) is 16.0 Å². The van der Waals surface area contributed by atoms with Crippen molar-refractivity contribution in [3.63, 3.8) is 0 Å². The minimum Gasteiger partial charge on any atom is -0.454 e. The number of benzene rings is 4. The lowest BCUT2D eigenvalue weighted by atomic mass is 9.64. The normalized spacial score (nSPS) is 24.4. The lowest BCUT2D eigenvalue weighted by molar-refractivity contribution is -0.142. The monoisotopic (exact) mass is 593 g/mol. The first-order valence-electron chi connectivity index (χ1n) is 13.0. The van der Waals surface area contributed by atoms with Crippen molar-refractivity contribution in [2.75, 3.05) is 11.7 Å². The summed E-state index contributed by atoms with van der Waals surface area (Å²) in [5.74, 6) is -2.74. The number of anilines is 1. The second-order valence-corrected chi connectivity index (χ2v) is 11.3. The van der Waals surface area contributed by atoms with Crippen LogP contribution in [0.3, 0.4) is 0 Å². The molecule has 0 spiro atoms. The van der Waals surface area contributed by atoms with E-state index in [4.69, 9.17) is 14.2 Å². The van der Waals surface area contributed by atoms with Crippen LogP contribution in [0.4, 0.5) is 5.69 Å². The maximum absolute atomic E-state index is 14.2. The molecule has 0 saturated carbocycles.